The number of carbonyl (C=O) groups excluding carboxylic acids is 1. The van der Waals surface area contributed by atoms with Gasteiger partial charge in [0.25, 0.3) is 5.91 Å². The molecule has 4 nitrogen and oxygen atoms in total. The van der Waals surface area contributed by atoms with Crippen LogP contribution in [0.25, 0.3) is 6.08 Å². The number of rotatable bonds is 6. The zero-order valence-corrected chi connectivity index (χ0v) is 21.7. The number of hydrogen-bond donors (Lipinski definition) is 1. The van der Waals surface area contributed by atoms with Crippen LogP contribution in [0.3, 0.4) is 0 Å². The minimum atomic E-state index is -0.591. The van der Waals surface area contributed by atoms with Crippen molar-refractivity contribution in [3.63, 3.8) is 0 Å². The Bertz CT molecular complexity index is 1150. The molecule has 0 bridgehead atoms. The summed E-state index contributed by atoms with van der Waals surface area (Å²) in [7, 11) is 0. The van der Waals surface area contributed by atoms with Gasteiger partial charge in [-0.15, -0.1) is 0 Å². The van der Waals surface area contributed by atoms with Gasteiger partial charge in [-0.1, -0.05) is 59.6 Å². The third-order valence-corrected chi connectivity index (χ3v) is 6.36. The van der Waals surface area contributed by atoms with E-state index in [4.69, 9.17) is 27.9 Å². The van der Waals surface area contributed by atoms with Crippen LogP contribution in [0.5, 0.6) is 5.75 Å². The molecule has 3 rings (SSSR count). The average Bonchev–Trinajstić information content (AvgIpc) is 2.74. The summed E-state index contributed by atoms with van der Waals surface area (Å²) in [5.41, 5.74) is 1.98. The predicted octanol–water partition coefficient (Wildman–Crippen LogP) is 7.33. The maximum Gasteiger partial charge on any atom is 0.266 e. The summed E-state index contributed by atoms with van der Waals surface area (Å²) in [5.74, 6) is 0.167. The number of halogens is 4. The Morgan fingerprint density at radius 2 is 1.65 bits per heavy atom. The van der Waals surface area contributed by atoms with Crippen LogP contribution >= 0.6 is 68.4 Å². The number of amides is 1. The number of para-hydroxylation sites is 1. The molecule has 0 unspecified atom stereocenters. The predicted molar refractivity (Wildman–Crippen MR) is 141 cm³/mol. The Morgan fingerprint density at radius 1 is 1.03 bits per heavy atom. The van der Waals surface area contributed by atoms with Crippen molar-refractivity contribution in [3.05, 3.63) is 94.5 Å². The van der Waals surface area contributed by atoms with E-state index in [2.05, 4.69) is 50.5 Å². The molecule has 8 heteroatoms. The molecule has 0 spiro atoms. The first kappa shape index (κ1) is 23.9. The summed E-state index contributed by atoms with van der Waals surface area (Å²) >= 11 is 16.6. The van der Waals surface area contributed by atoms with Gasteiger partial charge in [0.2, 0.25) is 0 Å². The van der Waals surface area contributed by atoms with Crippen molar-refractivity contribution in [3.8, 4) is 11.8 Å². The fraction of sp³-hybridized carbons (Fsp3) is 0.0435. The van der Waals surface area contributed by atoms with Crippen molar-refractivity contribution in [2.75, 3.05) is 5.32 Å². The number of nitrogens with one attached hydrogen (secondary N) is 1. The quantitative estimate of drug-likeness (QED) is 0.169. The van der Waals surface area contributed by atoms with Crippen molar-refractivity contribution >= 4 is 86.1 Å². The SMILES string of the molecule is N#C/C(=C\c1cc(I)c(OCc2ccccc2)c(I)c1)C(=O)Nc1c(Cl)cccc1Cl. The highest BCUT2D eigenvalue weighted by Crippen LogP contribution is 2.32. The van der Waals surface area contributed by atoms with Crippen LogP contribution < -0.4 is 10.1 Å². The molecule has 0 aliphatic rings. The number of nitrogens with zero attached hydrogens (tertiary/aromatic N) is 1. The molecular weight excluding hydrogens is 661 g/mol. The molecule has 0 heterocycles. The van der Waals surface area contributed by atoms with Crippen LogP contribution in [0.1, 0.15) is 11.1 Å². The van der Waals surface area contributed by atoms with Crippen molar-refractivity contribution in [1.82, 2.24) is 0 Å². The van der Waals surface area contributed by atoms with Crippen LogP contribution in [0.4, 0.5) is 5.69 Å². The summed E-state index contributed by atoms with van der Waals surface area (Å²) < 4.78 is 7.73. The van der Waals surface area contributed by atoms with Crippen molar-refractivity contribution in [2.24, 2.45) is 0 Å². The molecule has 0 radical (unpaired) electrons. The minimum absolute atomic E-state index is 0.0689. The number of ether oxygens (including phenoxy) is 1. The number of carbonyl (C=O) groups is 1. The van der Waals surface area contributed by atoms with Gasteiger partial charge in [0.05, 0.1) is 22.9 Å². The van der Waals surface area contributed by atoms with E-state index in [0.717, 1.165) is 18.5 Å². The summed E-state index contributed by atoms with van der Waals surface area (Å²) in [6.07, 6.45) is 1.52. The summed E-state index contributed by atoms with van der Waals surface area (Å²) in [5, 5.41) is 12.7. The molecule has 0 saturated heterocycles. The Kier molecular flexibility index (Phi) is 8.60. The normalized spacial score (nSPS) is 11.0. The molecule has 156 valence electrons. The van der Waals surface area contributed by atoms with Gasteiger partial charge in [-0.05, 0) is 86.7 Å². The molecule has 0 aliphatic carbocycles. The topological polar surface area (TPSA) is 62.1 Å². The summed E-state index contributed by atoms with van der Waals surface area (Å²) in [4.78, 5) is 12.6. The lowest BCUT2D eigenvalue weighted by Crippen LogP contribution is -2.14. The lowest BCUT2D eigenvalue weighted by molar-refractivity contribution is -0.112. The molecule has 31 heavy (non-hydrogen) atoms. The molecule has 1 amide bonds. The van der Waals surface area contributed by atoms with Crippen LogP contribution in [0.15, 0.2) is 66.2 Å². The first-order valence-corrected chi connectivity index (χ1v) is 11.8. The second-order valence-corrected chi connectivity index (χ2v) is 9.45. The van der Waals surface area contributed by atoms with E-state index in [1.165, 1.54) is 6.08 Å². The molecular formula is C23H14Cl2I2N2O2. The average molecular weight is 675 g/mol. The third-order valence-electron chi connectivity index (χ3n) is 4.12. The highest BCUT2D eigenvalue weighted by Gasteiger charge is 2.15. The molecule has 0 atom stereocenters. The van der Waals surface area contributed by atoms with E-state index in [-0.39, 0.29) is 11.3 Å². The van der Waals surface area contributed by atoms with E-state index in [0.29, 0.717) is 22.2 Å². The van der Waals surface area contributed by atoms with Crippen LogP contribution in [-0.2, 0) is 11.4 Å². The molecule has 0 saturated carbocycles. The highest BCUT2D eigenvalue weighted by molar-refractivity contribution is 14.1. The lowest BCUT2D eigenvalue weighted by atomic mass is 10.1. The maximum absolute atomic E-state index is 12.6. The molecule has 0 fully saturated rings. The second kappa shape index (κ2) is 11.2. The largest absolute Gasteiger partial charge is 0.487 e. The van der Waals surface area contributed by atoms with E-state index in [9.17, 15) is 10.1 Å². The fourth-order valence-electron chi connectivity index (χ4n) is 2.64. The van der Waals surface area contributed by atoms with Crippen molar-refractivity contribution < 1.29 is 9.53 Å². The molecule has 0 aliphatic heterocycles. The van der Waals surface area contributed by atoms with Crippen LogP contribution in [0, 0.1) is 18.5 Å². The first-order chi connectivity index (χ1) is 14.9. The third kappa shape index (κ3) is 6.35. The van der Waals surface area contributed by atoms with E-state index < -0.39 is 5.91 Å². The number of benzene rings is 3. The Hall–Kier alpha value is -1.80. The van der Waals surface area contributed by atoms with E-state index in [1.807, 2.05) is 48.5 Å². The number of anilines is 1. The van der Waals surface area contributed by atoms with Gasteiger partial charge < -0.3 is 10.1 Å². The molecule has 0 aromatic heterocycles. The standard InChI is InChI=1S/C23H14Cl2I2N2O2/c24-17-7-4-8-18(25)21(17)29-23(30)16(12-28)9-15-10-19(26)22(20(27)11-15)31-13-14-5-2-1-3-6-14/h1-11H,13H2,(H,29,30)/b16-9+. The van der Waals surface area contributed by atoms with E-state index >= 15 is 0 Å². The van der Waals surface area contributed by atoms with Crippen molar-refractivity contribution in [2.45, 2.75) is 6.61 Å². The summed E-state index contributed by atoms with van der Waals surface area (Å²) in [6, 6.07) is 20.4. The zero-order valence-electron chi connectivity index (χ0n) is 15.8. The minimum Gasteiger partial charge on any atom is -0.487 e. The van der Waals surface area contributed by atoms with Gasteiger partial charge in [-0.3, -0.25) is 4.79 Å². The number of hydrogen-bond acceptors (Lipinski definition) is 3. The van der Waals surface area contributed by atoms with Gasteiger partial charge in [-0.2, -0.15) is 5.26 Å². The summed E-state index contributed by atoms with van der Waals surface area (Å²) in [6.45, 7) is 0.451. The van der Waals surface area contributed by atoms with Gasteiger partial charge in [-0.25, -0.2) is 0 Å². The zero-order chi connectivity index (χ0) is 22.4. The van der Waals surface area contributed by atoms with Crippen LogP contribution in [0.2, 0.25) is 10.0 Å². The molecule has 1 N–H and O–H groups in total. The van der Waals surface area contributed by atoms with E-state index in [1.54, 1.807) is 18.2 Å². The Balaban J connectivity index is 1.81. The van der Waals surface area contributed by atoms with Crippen LogP contribution in [-0.4, -0.2) is 5.91 Å². The Morgan fingerprint density at radius 3 is 2.23 bits per heavy atom. The van der Waals surface area contributed by atoms with Crippen molar-refractivity contribution in [1.29, 1.82) is 5.26 Å². The highest BCUT2D eigenvalue weighted by atomic mass is 127. The van der Waals surface area contributed by atoms with Gasteiger partial charge in [0, 0.05) is 0 Å². The number of nitriles is 1. The monoisotopic (exact) mass is 674 g/mol. The van der Waals surface area contributed by atoms with Gasteiger partial charge in [0.1, 0.15) is 24.0 Å². The van der Waals surface area contributed by atoms with Gasteiger partial charge >= 0.3 is 0 Å². The second-order valence-electron chi connectivity index (χ2n) is 6.31. The maximum atomic E-state index is 12.6. The van der Waals surface area contributed by atoms with Gasteiger partial charge in [0.15, 0.2) is 0 Å². The fourth-order valence-corrected chi connectivity index (χ4v) is 5.26. The lowest BCUT2D eigenvalue weighted by Gasteiger charge is -2.12. The molecule has 3 aromatic rings. The Labute approximate surface area is 217 Å². The smallest absolute Gasteiger partial charge is 0.266 e. The first-order valence-electron chi connectivity index (χ1n) is 8.92. The molecule has 3 aromatic carbocycles.